The standard InChI is InChI=1S/C29H32F2N2O2/c1-32-13-15-33(16-14-32)17-18-35-27-11-12-28(29(31)21-27)24-8-5-23(6-9-24)20-26(34)10-7-22-3-2-4-25(30)19-22/h2-6,8-9,11-12,19,21H,7,10,13-18,20H2,1H3. The van der Waals surface area contributed by atoms with Crippen molar-refractivity contribution < 1.29 is 18.3 Å². The van der Waals surface area contributed by atoms with Crippen molar-refractivity contribution in [2.45, 2.75) is 19.3 Å². The smallest absolute Gasteiger partial charge is 0.137 e. The number of ketones is 1. The SMILES string of the molecule is CN1CCN(CCOc2ccc(-c3ccc(CC(=O)CCc4cccc(F)c4)cc3)c(F)c2)CC1. The Morgan fingerprint density at radius 3 is 2.40 bits per heavy atom. The second kappa shape index (κ2) is 12.0. The number of Topliss-reactive ketones (excluding diaryl/α,β-unsaturated/α-hetero) is 1. The number of halogens is 2. The van der Waals surface area contributed by atoms with Gasteiger partial charge in [0.05, 0.1) is 0 Å². The van der Waals surface area contributed by atoms with Crippen LogP contribution in [0.3, 0.4) is 0 Å². The van der Waals surface area contributed by atoms with Crippen molar-refractivity contribution in [3.8, 4) is 16.9 Å². The zero-order valence-electron chi connectivity index (χ0n) is 20.2. The van der Waals surface area contributed by atoms with E-state index in [-0.39, 0.29) is 17.4 Å². The molecule has 4 rings (SSSR count). The van der Waals surface area contributed by atoms with E-state index in [1.54, 1.807) is 18.2 Å². The normalized spacial score (nSPS) is 14.7. The molecule has 3 aromatic carbocycles. The number of likely N-dealkylation sites (N-methyl/N-ethyl adjacent to an activating group) is 1. The Morgan fingerprint density at radius 2 is 1.69 bits per heavy atom. The fourth-order valence-electron chi connectivity index (χ4n) is 4.28. The van der Waals surface area contributed by atoms with Crippen LogP contribution in [0, 0.1) is 11.6 Å². The molecular formula is C29H32F2N2O2. The molecule has 6 heteroatoms. The minimum absolute atomic E-state index is 0.0891. The molecule has 1 fully saturated rings. The van der Waals surface area contributed by atoms with Crippen LogP contribution in [0.4, 0.5) is 8.78 Å². The van der Waals surface area contributed by atoms with Crippen molar-refractivity contribution in [1.82, 2.24) is 9.80 Å². The van der Waals surface area contributed by atoms with Gasteiger partial charge in [-0.25, -0.2) is 8.78 Å². The summed E-state index contributed by atoms with van der Waals surface area (Å²) in [5.74, 6) is -0.00352. The Bertz CT molecular complexity index is 1130. The number of rotatable bonds is 10. The van der Waals surface area contributed by atoms with Gasteiger partial charge in [-0.2, -0.15) is 0 Å². The molecule has 0 atom stereocenters. The zero-order chi connectivity index (χ0) is 24.6. The highest BCUT2D eigenvalue weighted by Crippen LogP contribution is 2.27. The van der Waals surface area contributed by atoms with Gasteiger partial charge in [0, 0.05) is 57.2 Å². The van der Waals surface area contributed by atoms with E-state index in [0.29, 0.717) is 37.2 Å². The number of benzene rings is 3. The van der Waals surface area contributed by atoms with E-state index < -0.39 is 0 Å². The summed E-state index contributed by atoms with van der Waals surface area (Å²) in [6.45, 7) is 5.55. The van der Waals surface area contributed by atoms with Crippen molar-refractivity contribution in [1.29, 1.82) is 0 Å². The molecule has 0 bridgehead atoms. The van der Waals surface area contributed by atoms with Gasteiger partial charge in [-0.05, 0) is 54.4 Å². The fraction of sp³-hybridized carbons (Fsp3) is 0.345. The van der Waals surface area contributed by atoms with Crippen molar-refractivity contribution >= 4 is 5.78 Å². The molecule has 3 aromatic rings. The minimum Gasteiger partial charge on any atom is -0.492 e. The van der Waals surface area contributed by atoms with Crippen LogP contribution in [0.15, 0.2) is 66.7 Å². The summed E-state index contributed by atoms with van der Waals surface area (Å²) in [7, 11) is 2.13. The first kappa shape index (κ1) is 25.0. The van der Waals surface area contributed by atoms with Crippen LogP contribution >= 0.6 is 0 Å². The van der Waals surface area contributed by atoms with E-state index in [9.17, 15) is 13.6 Å². The summed E-state index contributed by atoms with van der Waals surface area (Å²) >= 11 is 0. The Balaban J connectivity index is 1.26. The summed E-state index contributed by atoms with van der Waals surface area (Å²) in [6.07, 6.45) is 1.18. The number of carbonyl (C=O) groups is 1. The summed E-state index contributed by atoms with van der Waals surface area (Å²) in [5.41, 5.74) is 2.95. The van der Waals surface area contributed by atoms with Gasteiger partial charge in [-0.3, -0.25) is 9.69 Å². The van der Waals surface area contributed by atoms with Crippen molar-refractivity contribution in [2.24, 2.45) is 0 Å². The van der Waals surface area contributed by atoms with Gasteiger partial charge in [0.1, 0.15) is 29.8 Å². The molecule has 0 saturated carbocycles. The molecule has 1 heterocycles. The summed E-state index contributed by atoms with van der Waals surface area (Å²) < 4.78 is 33.8. The van der Waals surface area contributed by atoms with Gasteiger partial charge in [0.25, 0.3) is 0 Å². The molecule has 1 saturated heterocycles. The zero-order valence-corrected chi connectivity index (χ0v) is 20.2. The molecule has 1 aliphatic heterocycles. The number of carbonyl (C=O) groups excluding carboxylic acids is 1. The molecule has 0 aromatic heterocycles. The minimum atomic E-state index is -0.332. The highest BCUT2D eigenvalue weighted by atomic mass is 19.1. The highest BCUT2D eigenvalue weighted by Gasteiger charge is 2.14. The second-order valence-electron chi connectivity index (χ2n) is 9.18. The number of nitrogens with zero attached hydrogens (tertiary/aromatic N) is 2. The molecule has 0 spiro atoms. The summed E-state index contributed by atoms with van der Waals surface area (Å²) in [6, 6.07) is 18.7. The molecule has 0 radical (unpaired) electrons. The van der Waals surface area contributed by atoms with Gasteiger partial charge >= 0.3 is 0 Å². The number of hydrogen-bond acceptors (Lipinski definition) is 4. The predicted octanol–water partition coefficient (Wildman–Crippen LogP) is 5.00. The largest absolute Gasteiger partial charge is 0.492 e. The average Bonchev–Trinajstić information content (AvgIpc) is 2.85. The van der Waals surface area contributed by atoms with Crippen LogP contribution in [-0.2, 0) is 17.6 Å². The maximum absolute atomic E-state index is 14.8. The van der Waals surface area contributed by atoms with E-state index in [2.05, 4.69) is 16.8 Å². The molecule has 184 valence electrons. The Morgan fingerprint density at radius 1 is 0.914 bits per heavy atom. The number of hydrogen-bond donors (Lipinski definition) is 0. The van der Waals surface area contributed by atoms with E-state index in [0.717, 1.165) is 49.4 Å². The number of ether oxygens (including phenoxy) is 1. The first-order valence-corrected chi connectivity index (χ1v) is 12.1. The molecule has 0 aliphatic carbocycles. The first-order valence-electron chi connectivity index (χ1n) is 12.1. The van der Waals surface area contributed by atoms with Crippen LogP contribution in [0.2, 0.25) is 0 Å². The van der Waals surface area contributed by atoms with Gasteiger partial charge in [-0.15, -0.1) is 0 Å². The first-order chi connectivity index (χ1) is 17.0. The van der Waals surface area contributed by atoms with E-state index >= 15 is 0 Å². The molecule has 1 aliphatic rings. The topological polar surface area (TPSA) is 32.8 Å². The predicted molar refractivity (Wildman–Crippen MR) is 135 cm³/mol. The van der Waals surface area contributed by atoms with Crippen molar-refractivity contribution in [2.75, 3.05) is 46.4 Å². The van der Waals surface area contributed by atoms with Gasteiger partial charge < -0.3 is 9.64 Å². The van der Waals surface area contributed by atoms with Crippen LogP contribution in [-0.4, -0.2) is 62.0 Å². The van der Waals surface area contributed by atoms with Crippen LogP contribution in [0.5, 0.6) is 5.75 Å². The van der Waals surface area contributed by atoms with Gasteiger partial charge in [-0.1, -0.05) is 36.4 Å². The van der Waals surface area contributed by atoms with Crippen LogP contribution in [0.1, 0.15) is 17.5 Å². The maximum Gasteiger partial charge on any atom is 0.137 e. The van der Waals surface area contributed by atoms with Crippen LogP contribution < -0.4 is 4.74 Å². The fourth-order valence-corrected chi connectivity index (χ4v) is 4.28. The lowest BCUT2D eigenvalue weighted by atomic mass is 9.99. The molecule has 4 nitrogen and oxygen atoms in total. The average molecular weight is 479 g/mol. The second-order valence-corrected chi connectivity index (χ2v) is 9.18. The molecule has 35 heavy (non-hydrogen) atoms. The quantitative estimate of drug-likeness (QED) is 0.411. The monoisotopic (exact) mass is 478 g/mol. The molecule has 0 unspecified atom stereocenters. The highest BCUT2D eigenvalue weighted by molar-refractivity contribution is 5.81. The summed E-state index contributed by atoms with van der Waals surface area (Å²) in [5, 5.41) is 0. The number of piperazine rings is 1. The van der Waals surface area contributed by atoms with Crippen LogP contribution in [0.25, 0.3) is 11.1 Å². The maximum atomic E-state index is 14.8. The van der Waals surface area contributed by atoms with E-state index in [1.165, 1.54) is 18.2 Å². The van der Waals surface area contributed by atoms with E-state index in [1.807, 2.05) is 30.3 Å². The number of aryl methyl sites for hydroxylation is 1. The Kier molecular flexibility index (Phi) is 8.61. The summed E-state index contributed by atoms with van der Waals surface area (Å²) in [4.78, 5) is 17.0. The van der Waals surface area contributed by atoms with Gasteiger partial charge in [0.2, 0.25) is 0 Å². The third kappa shape index (κ3) is 7.44. The Labute approximate surface area is 206 Å². The van der Waals surface area contributed by atoms with E-state index in [4.69, 9.17) is 4.74 Å². The molecular weight excluding hydrogens is 446 g/mol. The Hall–Kier alpha value is -3.09. The molecule has 0 N–H and O–H groups in total. The van der Waals surface area contributed by atoms with Crippen molar-refractivity contribution in [3.05, 3.63) is 89.5 Å². The van der Waals surface area contributed by atoms with Gasteiger partial charge in [0.15, 0.2) is 0 Å². The third-order valence-electron chi connectivity index (χ3n) is 6.46. The molecule has 0 amide bonds. The lowest BCUT2D eigenvalue weighted by Crippen LogP contribution is -2.45. The third-order valence-corrected chi connectivity index (χ3v) is 6.46. The van der Waals surface area contributed by atoms with Crippen molar-refractivity contribution in [3.63, 3.8) is 0 Å². The lowest BCUT2D eigenvalue weighted by Gasteiger charge is -2.32. The lowest BCUT2D eigenvalue weighted by molar-refractivity contribution is -0.118.